The van der Waals surface area contributed by atoms with Crippen LogP contribution >= 0.6 is 34.8 Å². The van der Waals surface area contributed by atoms with E-state index in [9.17, 15) is 0 Å². The average Bonchev–Trinajstić information content (AvgIpc) is 2.27. The molecule has 2 aromatic rings. The van der Waals surface area contributed by atoms with Crippen LogP contribution in [0.1, 0.15) is 0 Å². The van der Waals surface area contributed by atoms with Crippen molar-refractivity contribution >= 4 is 34.8 Å². The third-order valence-corrected chi connectivity index (χ3v) is 3.14. The molecule has 0 radical (unpaired) electrons. The topological polar surface area (TPSA) is 25.8 Å². The largest absolute Gasteiger partial charge is 0.237 e. The third-order valence-electron chi connectivity index (χ3n) is 1.84. The Morgan fingerprint density at radius 3 is 2.20 bits per heavy atom. The van der Waals surface area contributed by atoms with Crippen LogP contribution in [0.25, 0.3) is 11.4 Å². The maximum absolute atomic E-state index is 6.04. The molecule has 0 atom stereocenters. The normalized spacial score (nSPS) is 10.3. The van der Waals surface area contributed by atoms with E-state index in [-0.39, 0.29) is 0 Å². The van der Waals surface area contributed by atoms with Gasteiger partial charge in [-0.3, -0.25) is 0 Å². The molecule has 0 N–H and O–H groups in total. The first-order chi connectivity index (χ1) is 7.20. The summed E-state index contributed by atoms with van der Waals surface area (Å²) in [4.78, 5) is 8.17. The molecule has 0 unspecified atom stereocenters. The Hall–Kier alpha value is -0.830. The van der Waals surface area contributed by atoms with E-state index < -0.39 is 0 Å². The molecule has 0 aliphatic rings. The van der Waals surface area contributed by atoms with Gasteiger partial charge in [0.05, 0.1) is 15.1 Å². The number of halogens is 3. The molecule has 1 aromatic carbocycles. The molecule has 0 aliphatic carbocycles. The number of benzene rings is 1. The zero-order valence-electron chi connectivity index (χ0n) is 7.42. The molecular weight excluding hydrogens is 254 g/mol. The fourth-order valence-corrected chi connectivity index (χ4v) is 1.76. The van der Waals surface area contributed by atoms with Crippen LogP contribution in [-0.4, -0.2) is 9.97 Å². The van der Waals surface area contributed by atoms with Crippen molar-refractivity contribution in [2.75, 3.05) is 0 Å². The first-order valence-electron chi connectivity index (χ1n) is 4.11. The van der Waals surface area contributed by atoms with E-state index in [1.54, 1.807) is 30.6 Å². The minimum Gasteiger partial charge on any atom is -0.237 e. The summed E-state index contributed by atoms with van der Waals surface area (Å²) in [7, 11) is 0. The van der Waals surface area contributed by atoms with Gasteiger partial charge in [0.15, 0.2) is 5.82 Å². The van der Waals surface area contributed by atoms with Gasteiger partial charge in [-0.25, -0.2) is 9.97 Å². The average molecular weight is 260 g/mol. The second-order valence-corrected chi connectivity index (χ2v) is 3.96. The van der Waals surface area contributed by atoms with E-state index in [1.165, 1.54) is 0 Å². The molecular formula is C10H5Cl3N2. The van der Waals surface area contributed by atoms with Gasteiger partial charge in [-0.2, -0.15) is 0 Å². The van der Waals surface area contributed by atoms with Crippen molar-refractivity contribution in [1.82, 2.24) is 9.97 Å². The number of hydrogen-bond donors (Lipinski definition) is 0. The highest BCUT2D eigenvalue weighted by Crippen LogP contribution is 2.36. The molecule has 2 rings (SSSR count). The zero-order valence-corrected chi connectivity index (χ0v) is 9.68. The molecule has 1 heterocycles. The lowest BCUT2D eigenvalue weighted by atomic mass is 10.2. The summed E-state index contributed by atoms with van der Waals surface area (Å²) in [5.41, 5.74) is 0.673. The van der Waals surface area contributed by atoms with E-state index in [0.29, 0.717) is 26.5 Å². The van der Waals surface area contributed by atoms with Crippen molar-refractivity contribution in [3.63, 3.8) is 0 Å². The van der Waals surface area contributed by atoms with Crippen LogP contribution in [0.3, 0.4) is 0 Å². The Labute approximate surface area is 102 Å². The van der Waals surface area contributed by atoms with Crippen LogP contribution in [0.2, 0.25) is 15.1 Å². The lowest BCUT2D eigenvalue weighted by Crippen LogP contribution is -1.88. The first-order valence-corrected chi connectivity index (χ1v) is 5.24. The maximum Gasteiger partial charge on any atom is 0.160 e. The number of rotatable bonds is 1. The second-order valence-electron chi connectivity index (χ2n) is 2.80. The molecule has 0 saturated carbocycles. The lowest BCUT2D eigenvalue weighted by Gasteiger charge is -2.05. The molecule has 2 nitrogen and oxygen atoms in total. The van der Waals surface area contributed by atoms with E-state index in [0.717, 1.165) is 0 Å². The summed E-state index contributed by atoms with van der Waals surface area (Å²) in [5.74, 6) is 0.529. The fraction of sp³-hybridized carbons (Fsp3) is 0. The molecule has 0 fully saturated rings. The van der Waals surface area contributed by atoms with Crippen molar-refractivity contribution in [3.8, 4) is 11.4 Å². The van der Waals surface area contributed by atoms with Gasteiger partial charge in [0.2, 0.25) is 0 Å². The van der Waals surface area contributed by atoms with E-state index >= 15 is 0 Å². The lowest BCUT2D eigenvalue weighted by molar-refractivity contribution is 1.18. The molecule has 0 bridgehead atoms. The van der Waals surface area contributed by atoms with Crippen LogP contribution in [-0.2, 0) is 0 Å². The molecule has 0 aliphatic heterocycles. The third kappa shape index (κ3) is 2.07. The SMILES string of the molecule is Clc1ccc(-c2ncccn2)c(Cl)c1Cl. The monoisotopic (exact) mass is 258 g/mol. The summed E-state index contributed by atoms with van der Waals surface area (Å²) < 4.78 is 0. The highest BCUT2D eigenvalue weighted by molar-refractivity contribution is 6.49. The van der Waals surface area contributed by atoms with Gasteiger partial charge in [-0.1, -0.05) is 34.8 Å². The molecule has 5 heteroatoms. The number of nitrogens with zero attached hydrogens (tertiary/aromatic N) is 2. The van der Waals surface area contributed by atoms with Crippen molar-refractivity contribution in [2.45, 2.75) is 0 Å². The van der Waals surface area contributed by atoms with Gasteiger partial charge >= 0.3 is 0 Å². The van der Waals surface area contributed by atoms with Crippen LogP contribution in [0.4, 0.5) is 0 Å². The van der Waals surface area contributed by atoms with Gasteiger partial charge < -0.3 is 0 Å². The molecule has 0 amide bonds. The molecule has 0 spiro atoms. The van der Waals surface area contributed by atoms with Crippen molar-refractivity contribution in [2.24, 2.45) is 0 Å². The first kappa shape index (κ1) is 10.7. The Kier molecular flexibility index (Phi) is 3.10. The summed E-state index contributed by atoms with van der Waals surface area (Å²) in [6, 6.07) is 5.14. The van der Waals surface area contributed by atoms with Crippen LogP contribution in [0, 0.1) is 0 Å². The predicted octanol–water partition coefficient (Wildman–Crippen LogP) is 4.10. The maximum atomic E-state index is 6.04. The zero-order chi connectivity index (χ0) is 10.8. The van der Waals surface area contributed by atoms with E-state index in [4.69, 9.17) is 34.8 Å². The summed E-state index contributed by atoms with van der Waals surface area (Å²) in [6.07, 6.45) is 3.28. The summed E-state index contributed by atoms with van der Waals surface area (Å²) in [6.45, 7) is 0. The Morgan fingerprint density at radius 1 is 0.867 bits per heavy atom. The minimum absolute atomic E-state index is 0.322. The van der Waals surface area contributed by atoms with Gasteiger partial charge in [0.25, 0.3) is 0 Å². The van der Waals surface area contributed by atoms with E-state index in [2.05, 4.69) is 9.97 Å². The van der Waals surface area contributed by atoms with Gasteiger partial charge in [-0.15, -0.1) is 0 Å². The molecule has 1 aromatic heterocycles. The van der Waals surface area contributed by atoms with Gasteiger partial charge in [0, 0.05) is 18.0 Å². The van der Waals surface area contributed by atoms with Crippen LogP contribution in [0.15, 0.2) is 30.6 Å². The van der Waals surface area contributed by atoms with Gasteiger partial charge in [0.1, 0.15) is 0 Å². The van der Waals surface area contributed by atoms with Crippen LogP contribution in [0.5, 0.6) is 0 Å². The molecule has 15 heavy (non-hydrogen) atoms. The number of hydrogen-bond acceptors (Lipinski definition) is 2. The minimum atomic E-state index is 0.322. The van der Waals surface area contributed by atoms with Gasteiger partial charge in [-0.05, 0) is 18.2 Å². The molecule has 76 valence electrons. The summed E-state index contributed by atoms with van der Waals surface area (Å²) in [5, 5.41) is 1.11. The number of aromatic nitrogens is 2. The quantitative estimate of drug-likeness (QED) is 0.721. The predicted molar refractivity (Wildman–Crippen MR) is 62.5 cm³/mol. The molecule has 0 saturated heterocycles. The van der Waals surface area contributed by atoms with Crippen LogP contribution < -0.4 is 0 Å². The van der Waals surface area contributed by atoms with Crippen molar-refractivity contribution < 1.29 is 0 Å². The summed E-state index contributed by atoms with van der Waals surface area (Å²) >= 11 is 17.8. The fourth-order valence-electron chi connectivity index (χ4n) is 1.14. The standard InChI is InChI=1S/C10H5Cl3N2/c11-7-3-2-6(8(12)9(7)13)10-14-4-1-5-15-10/h1-5H. The Balaban J connectivity index is 2.60. The Bertz CT molecular complexity index is 486. The van der Waals surface area contributed by atoms with E-state index in [1.807, 2.05) is 0 Å². The van der Waals surface area contributed by atoms with Crippen molar-refractivity contribution in [3.05, 3.63) is 45.7 Å². The Morgan fingerprint density at radius 2 is 1.53 bits per heavy atom. The van der Waals surface area contributed by atoms with Crippen molar-refractivity contribution in [1.29, 1.82) is 0 Å². The highest BCUT2D eigenvalue weighted by atomic mass is 35.5. The highest BCUT2D eigenvalue weighted by Gasteiger charge is 2.11. The smallest absolute Gasteiger partial charge is 0.160 e. The second kappa shape index (κ2) is 4.35.